The van der Waals surface area contributed by atoms with E-state index in [1.807, 2.05) is 25.1 Å². The van der Waals surface area contributed by atoms with Crippen LogP contribution in [0.15, 0.2) is 29.6 Å². The highest BCUT2D eigenvalue weighted by atomic mass is 35.5. The van der Waals surface area contributed by atoms with E-state index in [2.05, 4.69) is 22.2 Å². The van der Waals surface area contributed by atoms with E-state index >= 15 is 0 Å². The van der Waals surface area contributed by atoms with Crippen LogP contribution in [0.4, 0.5) is 5.69 Å². The number of fused-ring (bicyclic) bond motifs is 3. The van der Waals surface area contributed by atoms with Crippen molar-refractivity contribution in [2.45, 2.75) is 38.1 Å². The number of halogens is 1. The van der Waals surface area contributed by atoms with Crippen molar-refractivity contribution in [3.63, 3.8) is 0 Å². The second-order valence-corrected chi connectivity index (χ2v) is 9.41. The molecule has 140 valence electrons. The highest BCUT2D eigenvalue weighted by Gasteiger charge is 2.23. The lowest BCUT2D eigenvalue weighted by atomic mass is 9.89. The van der Waals surface area contributed by atoms with Gasteiger partial charge >= 0.3 is 0 Å². The number of thioether (sulfide) groups is 1. The number of hydrogen-bond donors (Lipinski definition) is 1. The van der Waals surface area contributed by atoms with E-state index in [-0.39, 0.29) is 5.91 Å². The van der Waals surface area contributed by atoms with Gasteiger partial charge in [0, 0.05) is 21.0 Å². The summed E-state index contributed by atoms with van der Waals surface area (Å²) in [4.78, 5) is 23.9. The highest BCUT2D eigenvalue weighted by molar-refractivity contribution is 8.00. The number of hydrogen-bond acceptors (Lipinski definition) is 5. The van der Waals surface area contributed by atoms with Crippen molar-refractivity contribution < 1.29 is 4.79 Å². The predicted octanol–water partition coefficient (Wildman–Crippen LogP) is 5.51. The molecule has 1 atom stereocenters. The molecule has 2 aromatic heterocycles. The van der Waals surface area contributed by atoms with Gasteiger partial charge in [-0.2, -0.15) is 0 Å². The fraction of sp³-hybridized carbons (Fsp3) is 0.350. The second-order valence-electron chi connectivity index (χ2n) is 6.96. The Balaban J connectivity index is 1.52. The molecule has 0 aliphatic heterocycles. The van der Waals surface area contributed by atoms with Crippen LogP contribution in [0.25, 0.3) is 10.2 Å². The third-order valence-corrected chi connectivity index (χ3v) is 7.50. The van der Waals surface area contributed by atoms with Crippen LogP contribution in [-0.4, -0.2) is 21.6 Å². The lowest BCUT2D eigenvalue weighted by molar-refractivity contribution is -0.113. The minimum atomic E-state index is -0.0603. The fourth-order valence-electron chi connectivity index (χ4n) is 3.42. The van der Waals surface area contributed by atoms with E-state index in [1.165, 1.54) is 28.6 Å². The minimum absolute atomic E-state index is 0.0603. The number of thiophene rings is 1. The molecule has 1 aromatic carbocycles. The summed E-state index contributed by atoms with van der Waals surface area (Å²) in [6.07, 6.45) is 5.00. The molecule has 0 saturated heterocycles. The SMILES string of the molecule is Cc1c(Cl)cccc1NC(=O)CSc1ncnc2sc3c(c12)CCC(C)C3. The second kappa shape index (κ2) is 7.78. The molecule has 0 radical (unpaired) electrons. The van der Waals surface area contributed by atoms with Crippen molar-refractivity contribution in [3.05, 3.63) is 45.6 Å². The van der Waals surface area contributed by atoms with E-state index in [1.54, 1.807) is 17.7 Å². The first-order valence-electron chi connectivity index (χ1n) is 8.96. The van der Waals surface area contributed by atoms with Gasteiger partial charge in [0.2, 0.25) is 5.91 Å². The largest absolute Gasteiger partial charge is 0.325 e. The first-order chi connectivity index (χ1) is 13.0. The van der Waals surface area contributed by atoms with Crippen LogP contribution in [0.3, 0.4) is 0 Å². The maximum atomic E-state index is 12.4. The molecule has 0 spiro atoms. The van der Waals surface area contributed by atoms with Gasteiger partial charge in [-0.1, -0.05) is 36.4 Å². The summed E-state index contributed by atoms with van der Waals surface area (Å²) >= 11 is 9.38. The number of benzene rings is 1. The van der Waals surface area contributed by atoms with Gasteiger partial charge in [-0.05, 0) is 55.4 Å². The van der Waals surface area contributed by atoms with Crippen molar-refractivity contribution in [3.8, 4) is 0 Å². The Morgan fingerprint density at radius 2 is 2.26 bits per heavy atom. The lowest BCUT2D eigenvalue weighted by Crippen LogP contribution is -2.15. The van der Waals surface area contributed by atoms with E-state index < -0.39 is 0 Å². The number of carbonyl (C=O) groups excluding carboxylic acids is 1. The standard InChI is InChI=1S/C20H20ClN3OS2/c1-11-6-7-13-16(8-11)27-20-18(13)19(22-10-23-20)26-9-17(25)24-15-5-3-4-14(21)12(15)2/h3-5,10-11H,6-9H2,1-2H3,(H,24,25). The molecule has 27 heavy (non-hydrogen) atoms. The van der Waals surface area contributed by atoms with Gasteiger partial charge in [-0.25, -0.2) is 9.97 Å². The van der Waals surface area contributed by atoms with E-state index in [4.69, 9.17) is 11.6 Å². The number of nitrogens with one attached hydrogen (secondary N) is 1. The van der Waals surface area contributed by atoms with Crippen molar-refractivity contribution in [1.29, 1.82) is 0 Å². The third-order valence-electron chi connectivity index (χ3n) is 4.94. The highest BCUT2D eigenvalue weighted by Crippen LogP contribution is 2.40. The van der Waals surface area contributed by atoms with Crippen molar-refractivity contribution in [1.82, 2.24) is 9.97 Å². The Labute approximate surface area is 171 Å². The molecule has 3 aromatic rings. The van der Waals surface area contributed by atoms with Crippen LogP contribution in [-0.2, 0) is 17.6 Å². The maximum Gasteiger partial charge on any atom is 0.234 e. The number of aromatic nitrogens is 2. The minimum Gasteiger partial charge on any atom is -0.325 e. The number of amides is 1. The van der Waals surface area contributed by atoms with E-state index in [9.17, 15) is 4.79 Å². The van der Waals surface area contributed by atoms with Gasteiger partial charge in [0.15, 0.2) is 0 Å². The van der Waals surface area contributed by atoms with Gasteiger partial charge < -0.3 is 5.32 Å². The molecular formula is C20H20ClN3OS2. The molecule has 7 heteroatoms. The fourth-order valence-corrected chi connectivity index (χ4v) is 5.83. The summed E-state index contributed by atoms with van der Waals surface area (Å²) < 4.78 is 0. The molecule has 0 fully saturated rings. The van der Waals surface area contributed by atoms with Crippen molar-refractivity contribution in [2.75, 3.05) is 11.1 Å². The zero-order valence-electron chi connectivity index (χ0n) is 15.2. The lowest BCUT2D eigenvalue weighted by Gasteiger charge is -2.18. The number of rotatable bonds is 4. The summed E-state index contributed by atoms with van der Waals surface area (Å²) in [6, 6.07) is 5.52. The van der Waals surface area contributed by atoms with Gasteiger partial charge in [0.25, 0.3) is 0 Å². The number of aryl methyl sites for hydroxylation is 1. The Kier molecular flexibility index (Phi) is 5.39. The first kappa shape index (κ1) is 18.7. The van der Waals surface area contributed by atoms with Crippen LogP contribution in [0, 0.1) is 12.8 Å². The Bertz CT molecular complexity index is 1020. The summed E-state index contributed by atoms with van der Waals surface area (Å²) in [5.41, 5.74) is 3.02. The molecule has 0 bridgehead atoms. The average molecular weight is 418 g/mol. The molecule has 0 saturated carbocycles. The summed E-state index contributed by atoms with van der Waals surface area (Å²) in [5.74, 6) is 0.968. The maximum absolute atomic E-state index is 12.4. The third kappa shape index (κ3) is 3.84. The quantitative estimate of drug-likeness (QED) is 0.449. The van der Waals surface area contributed by atoms with Crippen LogP contribution in [0.5, 0.6) is 0 Å². The molecular weight excluding hydrogens is 398 g/mol. The summed E-state index contributed by atoms with van der Waals surface area (Å²) in [7, 11) is 0. The van der Waals surface area contributed by atoms with Crippen molar-refractivity contribution >= 4 is 56.5 Å². The zero-order chi connectivity index (χ0) is 19.0. The molecule has 2 heterocycles. The zero-order valence-corrected chi connectivity index (χ0v) is 17.6. The van der Waals surface area contributed by atoms with Gasteiger partial charge in [0.1, 0.15) is 16.2 Å². The Hall–Kier alpha value is -1.63. The average Bonchev–Trinajstić information content (AvgIpc) is 3.01. The van der Waals surface area contributed by atoms with Crippen LogP contribution >= 0.6 is 34.7 Å². The Morgan fingerprint density at radius 1 is 1.41 bits per heavy atom. The van der Waals surface area contributed by atoms with Crippen LogP contribution in [0.2, 0.25) is 5.02 Å². The molecule has 1 unspecified atom stereocenters. The van der Waals surface area contributed by atoms with E-state index in [0.717, 1.165) is 45.3 Å². The molecule has 1 aliphatic carbocycles. The van der Waals surface area contributed by atoms with Crippen molar-refractivity contribution in [2.24, 2.45) is 5.92 Å². The summed E-state index contributed by atoms with van der Waals surface area (Å²) in [5, 5.41) is 5.66. The van der Waals surface area contributed by atoms with Gasteiger partial charge in [-0.3, -0.25) is 4.79 Å². The Morgan fingerprint density at radius 3 is 3.11 bits per heavy atom. The smallest absolute Gasteiger partial charge is 0.234 e. The molecule has 1 aliphatic rings. The van der Waals surface area contributed by atoms with Crippen LogP contribution < -0.4 is 5.32 Å². The number of carbonyl (C=O) groups is 1. The normalized spacial score (nSPS) is 16.3. The molecule has 1 amide bonds. The summed E-state index contributed by atoms with van der Waals surface area (Å²) in [6.45, 7) is 4.20. The monoisotopic (exact) mass is 417 g/mol. The first-order valence-corrected chi connectivity index (χ1v) is 11.1. The van der Waals surface area contributed by atoms with Crippen LogP contribution in [0.1, 0.15) is 29.3 Å². The van der Waals surface area contributed by atoms with E-state index in [0.29, 0.717) is 10.8 Å². The number of nitrogens with zero attached hydrogens (tertiary/aromatic N) is 2. The number of anilines is 1. The molecule has 4 rings (SSSR count). The topological polar surface area (TPSA) is 54.9 Å². The van der Waals surface area contributed by atoms with Gasteiger partial charge in [0.05, 0.1) is 5.75 Å². The predicted molar refractivity (Wildman–Crippen MR) is 114 cm³/mol. The molecule has 4 nitrogen and oxygen atoms in total. The van der Waals surface area contributed by atoms with Gasteiger partial charge in [-0.15, -0.1) is 11.3 Å². The molecule has 1 N–H and O–H groups in total.